The monoisotopic (exact) mass is 292 g/mol. The van der Waals surface area contributed by atoms with Crippen molar-refractivity contribution in [3.8, 4) is 11.8 Å². The lowest BCUT2D eigenvalue weighted by Crippen LogP contribution is -2.07. The minimum Gasteiger partial charge on any atom is -0.384 e. The molecule has 19 heavy (non-hydrogen) atoms. The van der Waals surface area contributed by atoms with Gasteiger partial charge in [0.05, 0.1) is 0 Å². The van der Waals surface area contributed by atoms with E-state index in [-0.39, 0.29) is 12.2 Å². The Kier molecular flexibility index (Phi) is 4.80. The first-order valence-electron chi connectivity index (χ1n) is 5.56. The van der Waals surface area contributed by atoms with E-state index in [9.17, 15) is 4.79 Å². The summed E-state index contributed by atoms with van der Waals surface area (Å²) < 4.78 is 0. The number of hydrogen-bond acceptors (Lipinski definition) is 5. The molecule has 6 heteroatoms. The molecule has 2 rings (SSSR count). The summed E-state index contributed by atoms with van der Waals surface area (Å²) in [4.78, 5) is 19.4. The average molecular weight is 292 g/mol. The number of rotatable bonds is 3. The van der Waals surface area contributed by atoms with Crippen LogP contribution in [0.1, 0.15) is 16.1 Å². The molecule has 4 nitrogen and oxygen atoms in total. The molecule has 0 radical (unpaired) electrons. The van der Waals surface area contributed by atoms with E-state index >= 15 is 0 Å². The summed E-state index contributed by atoms with van der Waals surface area (Å²) in [5.74, 6) is 6.24. The third-order valence-electron chi connectivity index (χ3n) is 2.24. The van der Waals surface area contributed by atoms with Crippen LogP contribution >= 0.6 is 23.1 Å². The van der Waals surface area contributed by atoms with Gasteiger partial charge in [-0.25, -0.2) is 4.98 Å². The van der Waals surface area contributed by atoms with Crippen LogP contribution in [0.2, 0.25) is 0 Å². The molecule has 0 fully saturated rings. The molecule has 2 aromatic rings. The van der Waals surface area contributed by atoms with Crippen molar-refractivity contribution in [2.75, 3.05) is 6.61 Å². The van der Waals surface area contributed by atoms with Crippen LogP contribution in [0.3, 0.4) is 0 Å². The maximum atomic E-state index is 11.3. The quantitative estimate of drug-likeness (QED) is 0.514. The highest BCUT2D eigenvalue weighted by molar-refractivity contribution is 7.98. The highest BCUT2D eigenvalue weighted by atomic mass is 32.2. The lowest BCUT2D eigenvalue weighted by molar-refractivity contribution is 0.350. The Morgan fingerprint density at radius 2 is 2.42 bits per heavy atom. The summed E-state index contributed by atoms with van der Waals surface area (Å²) in [6.45, 7) is 1.65. The van der Waals surface area contributed by atoms with E-state index in [1.54, 1.807) is 18.3 Å². The first kappa shape index (κ1) is 13.9. The Hall–Kier alpha value is -1.55. The number of hydrogen-bond donors (Lipinski definition) is 2. The number of aromatic amines is 1. The van der Waals surface area contributed by atoms with Crippen LogP contribution < -0.4 is 5.56 Å². The minimum atomic E-state index is -0.144. The van der Waals surface area contributed by atoms with Gasteiger partial charge in [-0.2, -0.15) is 0 Å². The molecule has 0 aromatic carbocycles. The van der Waals surface area contributed by atoms with Gasteiger partial charge in [0.2, 0.25) is 0 Å². The van der Waals surface area contributed by atoms with E-state index in [0.717, 1.165) is 10.4 Å². The topological polar surface area (TPSA) is 66.0 Å². The molecule has 0 saturated carbocycles. The third kappa shape index (κ3) is 3.96. The summed E-state index contributed by atoms with van der Waals surface area (Å²) in [5.41, 5.74) is 1.49. The Bertz CT molecular complexity index is 680. The second-order valence-electron chi connectivity index (χ2n) is 3.70. The number of thioether (sulfide) groups is 1. The zero-order valence-electron chi connectivity index (χ0n) is 10.3. The van der Waals surface area contributed by atoms with Gasteiger partial charge in [-0.1, -0.05) is 23.6 Å². The van der Waals surface area contributed by atoms with E-state index in [1.165, 1.54) is 17.8 Å². The van der Waals surface area contributed by atoms with Gasteiger partial charge in [0.25, 0.3) is 5.56 Å². The Balaban J connectivity index is 2.10. The number of nitrogens with zero attached hydrogens (tertiary/aromatic N) is 1. The maximum absolute atomic E-state index is 11.3. The number of nitrogens with one attached hydrogen (secondary N) is 1. The fraction of sp³-hybridized carbons (Fsp3) is 0.231. The van der Waals surface area contributed by atoms with Crippen LogP contribution in [0.15, 0.2) is 27.5 Å². The summed E-state index contributed by atoms with van der Waals surface area (Å²) >= 11 is 3.07. The van der Waals surface area contributed by atoms with E-state index in [1.807, 2.05) is 11.4 Å². The van der Waals surface area contributed by atoms with Crippen LogP contribution in [0.25, 0.3) is 0 Å². The van der Waals surface area contributed by atoms with Crippen LogP contribution in [-0.2, 0) is 5.75 Å². The van der Waals surface area contributed by atoms with Crippen molar-refractivity contribution in [3.63, 3.8) is 0 Å². The van der Waals surface area contributed by atoms with Gasteiger partial charge in [0.1, 0.15) is 6.61 Å². The Morgan fingerprint density at radius 3 is 3.16 bits per heavy atom. The summed E-state index contributed by atoms with van der Waals surface area (Å²) in [7, 11) is 0. The van der Waals surface area contributed by atoms with Crippen molar-refractivity contribution in [1.82, 2.24) is 9.97 Å². The second-order valence-corrected chi connectivity index (χ2v) is 5.66. The number of aromatic nitrogens is 2. The van der Waals surface area contributed by atoms with Gasteiger partial charge in [-0.15, -0.1) is 11.3 Å². The first-order chi connectivity index (χ1) is 9.19. The van der Waals surface area contributed by atoms with Crippen molar-refractivity contribution in [2.45, 2.75) is 17.8 Å². The van der Waals surface area contributed by atoms with Crippen molar-refractivity contribution in [1.29, 1.82) is 0 Å². The molecule has 0 aliphatic rings. The minimum absolute atomic E-state index is 0.138. The highest BCUT2D eigenvalue weighted by Crippen LogP contribution is 2.24. The molecule has 0 saturated heterocycles. The van der Waals surface area contributed by atoms with Crippen molar-refractivity contribution in [2.24, 2.45) is 0 Å². The average Bonchev–Trinajstić information content (AvgIpc) is 2.80. The van der Waals surface area contributed by atoms with Crippen molar-refractivity contribution in [3.05, 3.63) is 44.0 Å². The van der Waals surface area contributed by atoms with Crippen LogP contribution in [0.4, 0.5) is 0 Å². The number of H-pyrrole nitrogens is 1. The number of thiophene rings is 1. The molecule has 0 unspecified atom stereocenters. The van der Waals surface area contributed by atoms with Crippen molar-refractivity contribution >= 4 is 23.1 Å². The molecular weight excluding hydrogens is 280 g/mol. The number of aliphatic hydroxyl groups is 1. The van der Waals surface area contributed by atoms with E-state index in [2.05, 4.69) is 21.8 Å². The number of aryl methyl sites for hydroxylation is 1. The lowest BCUT2D eigenvalue weighted by Gasteiger charge is -2.00. The number of aliphatic hydroxyl groups excluding tert-OH is 1. The smallest absolute Gasteiger partial charge is 0.251 e. The molecule has 0 bridgehead atoms. The maximum Gasteiger partial charge on any atom is 0.251 e. The largest absolute Gasteiger partial charge is 0.384 e. The molecule has 0 aliphatic carbocycles. The molecule has 2 heterocycles. The van der Waals surface area contributed by atoms with Gasteiger partial charge in [0.15, 0.2) is 5.16 Å². The summed E-state index contributed by atoms with van der Waals surface area (Å²) in [6.07, 6.45) is 0. The molecule has 2 N–H and O–H groups in total. The van der Waals surface area contributed by atoms with Crippen LogP contribution in [0.5, 0.6) is 0 Å². The predicted molar refractivity (Wildman–Crippen MR) is 77.4 cm³/mol. The van der Waals surface area contributed by atoms with Crippen molar-refractivity contribution < 1.29 is 5.11 Å². The fourth-order valence-corrected chi connectivity index (χ4v) is 3.32. The summed E-state index contributed by atoms with van der Waals surface area (Å²) in [5, 5.41) is 11.3. The lowest BCUT2D eigenvalue weighted by atomic mass is 10.3. The van der Waals surface area contributed by atoms with Gasteiger partial charge < -0.3 is 10.1 Å². The molecule has 0 aliphatic heterocycles. The Morgan fingerprint density at radius 1 is 1.58 bits per heavy atom. The molecular formula is C13H12N2O2S2. The molecule has 2 aromatic heterocycles. The van der Waals surface area contributed by atoms with Gasteiger partial charge >= 0.3 is 0 Å². The van der Waals surface area contributed by atoms with E-state index in [4.69, 9.17) is 5.11 Å². The summed E-state index contributed by atoms with van der Waals surface area (Å²) in [6, 6.07) is 3.39. The zero-order chi connectivity index (χ0) is 13.7. The standard InChI is InChI=1S/C13H12N2O2S2/c1-9-7-12(17)15-13(14-9)19-8-11-10(3-2-5-16)4-6-18-11/h4,6-7,16H,5,8H2,1H3,(H,14,15,17). The third-order valence-corrected chi connectivity index (χ3v) is 4.24. The highest BCUT2D eigenvalue weighted by Gasteiger charge is 2.05. The SMILES string of the molecule is Cc1cc(=O)[nH]c(SCc2sccc2C#CCO)n1. The molecule has 0 spiro atoms. The zero-order valence-corrected chi connectivity index (χ0v) is 11.9. The van der Waals surface area contributed by atoms with Crippen LogP contribution in [-0.4, -0.2) is 21.7 Å². The normalized spacial score (nSPS) is 10.0. The molecule has 0 atom stereocenters. The van der Waals surface area contributed by atoms with Gasteiger partial charge in [-0.3, -0.25) is 4.79 Å². The van der Waals surface area contributed by atoms with E-state index in [0.29, 0.717) is 16.6 Å². The Labute approximate surface area is 118 Å². The molecule has 98 valence electrons. The fourth-order valence-electron chi connectivity index (χ4n) is 1.45. The van der Waals surface area contributed by atoms with E-state index < -0.39 is 0 Å². The first-order valence-corrected chi connectivity index (χ1v) is 7.42. The predicted octanol–water partition coefficient (Wildman–Crippen LogP) is 1.78. The van der Waals surface area contributed by atoms with Gasteiger partial charge in [0, 0.05) is 28.0 Å². The van der Waals surface area contributed by atoms with Crippen LogP contribution in [0, 0.1) is 18.8 Å². The van der Waals surface area contributed by atoms with Gasteiger partial charge in [-0.05, 0) is 18.4 Å². The second kappa shape index (κ2) is 6.57. The molecule has 0 amide bonds.